The van der Waals surface area contributed by atoms with Crippen molar-refractivity contribution in [2.45, 2.75) is 32.9 Å². The summed E-state index contributed by atoms with van der Waals surface area (Å²) in [6, 6.07) is 5.63. The molecule has 19 heavy (non-hydrogen) atoms. The molecule has 1 aliphatic heterocycles. The van der Waals surface area contributed by atoms with E-state index in [0.29, 0.717) is 6.54 Å². The lowest BCUT2D eigenvalue weighted by Gasteiger charge is -2.24. The minimum Gasteiger partial charge on any atom is -0.496 e. The van der Waals surface area contributed by atoms with Gasteiger partial charge >= 0.3 is 5.97 Å². The summed E-state index contributed by atoms with van der Waals surface area (Å²) in [5, 5.41) is 9.34. The highest BCUT2D eigenvalue weighted by Gasteiger charge is 2.36. The normalized spacial score (nSPS) is 23.5. The zero-order chi connectivity index (χ0) is 14.0. The largest absolute Gasteiger partial charge is 0.496 e. The zero-order valence-electron chi connectivity index (χ0n) is 11.7. The lowest BCUT2D eigenvalue weighted by Crippen LogP contribution is -2.38. The van der Waals surface area contributed by atoms with Gasteiger partial charge in [-0.15, -0.1) is 0 Å². The Morgan fingerprint density at radius 3 is 2.89 bits per heavy atom. The van der Waals surface area contributed by atoms with Crippen LogP contribution in [0.15, 0.2) is 18.2 Å². The second-order valence-electron chi connectivity index (χ2n) is 5.33. The van der Waals surface area contributed by atoms with Crippen LogP contribution in [0, 0.1) is 12.8 Å². The Labute approximate surface area is 114 Å². The second kappa shape index (κ2) is 5.61. The van der Waals surface area contributed by atoms with Gasteiger partial charge in [0.05, 0.1) is 7.11 Å². The van der Waals surface area contributed by atoms with Gasteiger partial charge in [0.1, 0.15) is 11.8 Å². The van der Waals surface area contributed by atoms with Gasteiger partial charge in [0, 0.05) is 12.1 Å². The van der Waals surface area contributed by atoms with Gasteiger partial charge in [-0.1, -0.05) is 24.6 Å². The number of benzene rings is 1. The number of nitrogens with zero attached hydrogens (tertiary/aromatic N) is 1. The summed E-state index contributed by atoms with van der Waals surface area (Å²) in [4.78, 5) is 13.4. The van der Waals surface area contributed by atoms with Crippen LogP contribution in [0.1, 0.15) is 24.5 Å². The Bertz CT molecular complexity index is 472. The summed E-state index contributed by atoms with van der Waals surface area (Å²) < 4.78 is 5.36. The fraction of sp³-hybridized carbons (Fsp3) is 0.533. The average Bonchev–Trinajstić information content (AvgIpc) is 2.71. The summed E-state index contributed by atoms with van der Waals surface area (Å²) in [6.45, 7) is 5.50. The second-order valence-corrected chi connectivity index (χ2v) is 5.33. The van der Waals surface area contributed by atoms with Crippen LogP contribution in [0.2, 0.25) is 0 Å². The smallest absolute Gasteiger partial charge is 0.321 e. The molecule has 1 heterocycles. The third-order valence-electron chi connectivity index (χ3n) is 3.87. The topological polar surface area (TPSA) is 49.8 Å². The SMILES string of the molecule is COc1ccc(C)cc1CN1CCC(C)C1C(=O)O. The number of aryl methyl sites for hydroxylation is 1. The van der Waals surface area contributed by atoms with Gasteiger partial charge in [-0.2, -0.15) is 0 Å². The van der Waals surface area contributed by atoms with Crippen molar-refractivity contribution in [2.75, 3.05) is 13.7 Å². The first-order valence-electron chi connectivity index (χ1n) is 6.63. The zero-order valence-corrected chi connectivity index (χ0v) is 11.7. The van der Waals surface area contributed by atoms with Crippen molar-refractivity contribution in [2.24, 2.45) is 5.92 Å². The number of carboxylic acids is 1. The Morgan fingerprint density at radius 2 is 2.26 bits per heavy atom. The number of carbonyl (C=O) groups is 1. The first-order chi connectivity index (χ1) is 9.02. The third kappa shape index (κ3) is 2.89. The van der Waals surface area contributed by atoms with E-state index >= 15 is 0 Å². The molecule has 1 aromatic rings. The van der Waals surface area contributed by atoms with E-state index < -0.39 is 5.97 Å². The molecule has 2 unspecified atom stereocenters. The van der Waals surface area contributed by atoms with E-state index in [0.717, 1.165) is 29.8 Å². The molecule has 0 amide bonds. The maximum atomic E-state index is 11.4. The molecule has 0 bridgehead atoms. The minimum atomic E-state index is -0.725. The molecular formula is C15H21NO3. The lowest BCUT2D eigenvalue weighted by atomic mass is 10.0. The van der Waals surface area contributed by atoms with E-state index in [1.54, 1.807) is 7.11 Å². The molecular weight excluding hydrogens is 242 g/mol. The van der Waals surface area contributed by atoms with Crippen molar-refractivity contribution in [3.05, 3.63) is 29.3 Å². The van der Waals surface area contributed by atoms with Crippen LogP contribution in [-0.2, 0) is 11.3 Å². The molecule has 2 atom stereocenters. The third-order valence-corrected chi connectivity index (χ3v) is 3.87. The number of ether oxygens (including phenoxy) is 1. The van der Waals surface area contributed by atoms with Crippen LogP contribution in [0.4, 0.5) is 0 Å². The number of carboxylic acid groups (broad SMARTS) is 1. The molecule has 2 rings (SSSR count). The molecule has 0 saturated carbocycles. The van der Waals surface area contributed by atoms with Gasteiger partial charge in [0.25, 0.3) is 0 Å². The standard InChI is InChI=1S/C15H21NO3/c1-10-4-5-13(19-3)12(8-10)9-16-7-6-11(2)14(16)15(17)18/h4-5,8,11,14H,6-7,9H2,1-3H3,(H,17,18). The molecule has 4 nitrogen and oxygen atoms in total. The van der Waals surface area contributed by atoms with E-state index in [1.165, 1.54) is 0 Å². The van der Waals surface area contributed by atoms with E-state index in [-0.39, 0.29) is 12.0 Å². The fourth-order valence-corrected chi connectivity index (χ4v) is 2.85. The van der Waals surface area contributed by atoms with Crippen molar-refractivity contribution < 1.29 is 14.6 Å². The van der Waals surface area contributed by atoms with Crippen LogP contribution in [-0.4, -0.2) is 35.7 Å². The number of methoxy groups -OCH3 is 1. The Hall–Kier alpha value is -1.55. The molecule has 0 aliphatic carbocycles. The minimum absolute atomic E-state index is 0.202. The molecule has 1 aliphatic rings. The van der Waals surface area contributed by atoms with Gasteiger partial charge in [0.2, 0.25) is 0 Å². The van der Waals surface area contributed by atoms with Crippen molar-refractivity contribution in [3.8, 4) is 5.75 Å². The Morgan fingerprint density at radius 1 is 1.53 bits per heavy atom. The highest BCUT2D eigenvalue weighted by Crippen LogP contribution is 2.29. The van der Waals surface area contributed by atoms with Gasteiger partial charge in [-0.25, -0.2) is 0 Å². The summed E-state index contributed by atoms with van der Waals surface area (Å²) >= 11 is 0. The lowest BCUT2D eigenvalue weighted by molar-refractivity contribution is -0.143. The predicted molar refractivity (Wildman–Crippen MR) is 73.3 cm³/mol. The molecule has 0 spiro atoms. The maximum absolute atomic E-state index is 11.4. The first kappa shape index (κ1) is 13.9. The molecule has 1 aromatic carbocycles. The number of hydrogen-bond donors (Lipinski definition) is 1. The fourth-order valence-electron chi connectivity index (χ4n) is 2.85. The predicted octanol–water partition coefficient (Wildman–Crippen LogP) is 2.30. The summed E-state index contributed by atoms with van der Waals surface area (Å²) in [6.07, 6.45) is 0.936. The summed E-state index contributed by atoms with van der Waals surface area (Å²) in [5.41, 5.74) is 2.22. The van der Waals surface area contributed by atoms with Crippen molar-refractivity contribution >= 4 is 5.97 Å². The van der Waals surface area contributed by atoms with Crippen LogP contribution in [0.5, 0.6) is 5.75 Å². The quantitative estimate of drug-likeness (QED) is 0.905. The van der Waals surface area contributed by atoms with Gasteiger partial charge in [-0.3, -0.25) is 9.69 Å². The monoisotopic (exact) mass is 263 g/mol. The number of hydrogen-bond acceptors (Lipinski definition) is 3. The summed E-state index contributed by atoms with van der Waals surface area (Å²) in [7, 11) is 1.65. The number of likely N-dealkylation sites (tertiary alicyclic amines) is 1. The number of rotatable bonds is 4. The van der Waals surface area contributed by atoms with Crippen LogP contribution < -0.4 is 4.74 Å². The molecule has 0 radical (unpaired) electrons. The van der Waals surface area contributed by atoms with E-state index in [4.69, 9.17) is 4.74 Å². The van der Waals surface area contributed by atoms with Gasteiger partial charge in [0.15, 0.2) is 0 Å². The van der Waals surface area contributed by atoms with Crippen LogP contribution in [0.25, 0.3) is 0 Å². The molecule has 104 valence electrons. The maximum Gasteiger partial charge on any atom is 0.321 e. The molecule has 1 fully saturated rings. The highest BCUT2D eigenvalue weighted by atomic mass is 16.5. The van der Waals surface area contributed by atoms with Crippen LogP contribution >= 0.6 is 0 Å². The van der Waals surface area contributed by atoms with Crippen molar-refractivity contribution in [1.29, 1.82) is 0 Å². The van der Waals surface area contributed by atoms with Crippen molar-refractivity contribution in [1.82, 2.24) is 4.90 Å². The van der Waals surface area contributed by atoms with E-state index in [1.807, 2.05) is 30.9 Å². The first-order valence-corrected chi connectivity index (χ1v) is 6.63. The number of aliphatic carboxylic acids is 1. The Kier molecular flexibility index (Phi) is 4.10. The average molecular weight is 263 g/mol. The van der Waals surface area contributed by atoms with E-state index in [9.17, 15) is 9.90 Å². The molecule has 4 heteroatoms. The summed E-state index contributed by atoms with van der Waals surface area (Å²) in [5.74, 6) is 0.305. The molecule has 1 N–H and O–H groups in total. The van der Waals surface area contributed by atoms with E-state index in [2.05, 4.69) is 6.07 Å². The highest BCUT2D eigenvalue weighted by molar-refractivity contribution is 5.74. The Balaban J connectivity index is 2.21. The van der Waals surface area contributed by atoms with Gasteiger partial charge < -0.3 is 9.84 Å². The molecule has 1 saturated heterocycles. The van der Waals surface area contributed by atoms with Crippen LogP contribution in [0.3, 0.4) is 0 Å². The molecule has 0 aromatic heterocycles. The van der Waals surface area contributed by atoms with Crippen molar-refractivity contribution in [3.63, 3.8) is 0 Å². The van der Waals surface area contributed by atoms with Gasteiger partial charge in [-0.05, 0) is 31.9 Å².